The van der Waals surface area contributed by atoms with Gasteiger partial charge in [0.15, 0.2) is 17.1 Å². The molecule has 0 unspecified atom stereocenters. The molecule has 1 N–H and O–H groups in total. The van der Waals surface area contributed by atoms with Crippen molar-refractivity contribution in [2.24, 2.45) is 0 Å². The summed E-state index contributed by atoms with van der Waals surface area (Å²) >= 11 is 0. The van der Waals surface area contributed by atoms with Crippen LogP contribution >= 0.6 is 0 Å². The Balaban J connectivity index is 2.09. The molecule has 0 aliphatic carbocycles. The quantitative estimate of drug-likeness (QED) is 0.739. The van der Waals surface area contributed by atoms with Gasteiger partial charge in [-0.1, -0.05) is 0 Å². The summed E-state index contributed by atoms with van der Waals surface area (Å²) in [6.07, 6.45) is 0. The highest BCUT2D eigenvalue weighted by Gasteiger charge is 2.17. The van der Waals surface area contributed by atoms with Crippen LogP contribution in [0.3, 0.4) is 0 Å². The number of oxazole rings is 1. The van der Waals surface area contributed by atoms with Crippen molar-refractivity contribution in [2.75, 3.05) is 33.2 Å². The third kappa shape index (κ3) is 2.82. The zero-order valence-corrected chi connectivity index (χ0v) is 14.2. The van der Waals surface area contributed by atoms with E-state index in [1.165, 1.54) is 0 Å². The predicted molar refractivity (Wildman–Crippen MR) is 93.3 cm³/mol. The SMILES string of the molecule is CCNc1ccc2oc(-c3cc(OC)c(OC)c(OC)c3)nc2c1. The molecule has 0 aliphatic heterocycles. The van der Waals surface area contributed by atoms with Crippen LogP contribution in [-0.2, 0) is 0 Å². The van der Waals surface area contributed by atoms with E-state index in [4.69, 9.17) is 18.6 Å². The molecule has 0 fully saturated rings. The molecule has 0 bridgehead atoms. The van der Waals surface area contributed by atoms with Crippen LogP contribution in [-0.4, -0.2) is 32.9 Å². The predicted octanol–water partition coefficient (Wildman–Crippen LogP) is 3.95. The molecule has 0 saturated heterocycles. The number of hydrogen-bond acceptors (Lipinski definition) is 6. The summed E-state index contributed by atoms with van der Waals surface area (Å²) in [4.78, 5) is 4.57. The van der Waals surface area contributed by atoms with Gasteiger partial charge in [0.1, 0.15) is 5.52 Å². The van der Waals surface area contributed by atoms with Crippen LogP contribution in [0.15, 0.2) is 34.7 Å². The second-order valence-electron chi connectivity index (χ2n) is 5.15. The van der Waals surface area contributed by atoms with Gasteiger partial charge in [0, 0.05) is 17.8 Å². The maximum Gasteiger partial charge on any atom is 0.227 e. The summed E-state index contributed by atoms with van der Waals surface area (Å²) in [7, 11) is 4.73. The van der Waals surface area contributed by atoms with Gasteiger partial charge >= 0.3 is 0 Å². The van der Waals surface area contributed by atoms with Crippen molar-refractivity contribution in [3.63, 3.8) is 0 Å². The fraction of sp³-hybridized carbons (Fsp3) is 0.278. The number of methoxy groups -OCH3 is 3. The molecule has 0 aliphatic rings. The number of hydrogen-bond donors (Lipinski definition) is 1. The minimum absolute atomic E-state index is 0.498. The average molecular weight is 328 g/mol. The third-order valence-electron chi connectivity index (χ3n) is 3.68. The Kier molecular flexibility index (Phi) is 4.46. The first kappa shape index (κ1) is 16.0. The summed E-state index contributed by atoms with van der Waals surface area (Å²) in [6.45, 7) is 2.90. The summed E-state index contributed by atoms with van der Waals surface area (Å²) in [5.41, 5.74) is 3.28. The van der Waals surface area contributed by atoms with Crippen LogP contribution in [0.1, 0.15) is 6.92 Å². The van der Waals surface area contributed by atoms with Crippen LogP contribution in [0.2, 0.25) is 0 Å². The highest BCUT2D eigenvalue weighted by molar-refractivity contribution is 5.80. The number of anilines is 1. The first-order chi connectivity index (χ1) is 11.7. The number of ether oxygens (including phenoxy) is 3. The van der Waals surface area contributed by atoms with E-state index in [0.29, 0.717) is 23.1 Å². The topological polar surface area (TPSA) is 65.8 Å². The Bertz CT molecular complexity index is 832. The van der Waals surface area contributed by atoms with Gasteiger partial charge in [-0.05, 0) is 37.3 Å². The smallest absolute Gasteiger partial charge is 0.227 e. The van der Waals surface area contributed by atoms with Gasteiger partial charge in [0.05, 0.1) is 21.3 Å². The van der Waals surface area contributed by atoms with Gasteiger partial charge in [0.25, 0.3) is 0 Å². The molecule has 2 aromatic carbocycles. The maximum absolute atomic E-state index is 5.87. The highest BCUT2D eigenvalue weighted by atomic mass is 16.5. The molecule has 6 nitrogen and oxygen atoms in total. The Morgan fingerprint density at radius 3 is 2.29 bits per heavy atom. The Morgan fingerprint density at radius 2 is 1.71 bits per heavy atom. The van der Waals surface area contributed by atoms with Crippen LogP contribution < -0.4 is 19.5 Å². The molecule has 6 heteroatoms. The molecular formula is C18H20N2O4. The van der Waals surface area contributed by atoms with E-state index in [-0.39, 0.29) is 0 Å². The second-order valence-corrected chi connectivity index (χ2v) is 5.15. The number of nitrogens with zero attached hydrogens (tertiary/aromatic N) is 1. The van der Waals surface area contributed by atoms with E-state index in [1.807, 2.05) is 37.3 Å². The van der Waals surface area contributed by atoms with Crippen molar-refractivity contribution in [3.05, 3.63) is 30.3 Å². The molecule has 126 valence electrons. The standard InChI is InChI=1S/C18H20N2O4/c1-5-19-12-6-7-14-13(10-12)20-18(24-14)11-8-15(21-2)17(23-4)16(9-11)22-3/h6-10,19H,5H2,1-4H3. The fourth-order valence-electron chi connectivity index (χ4n) is 2.57. The molecule has 1 aromatic heterocycles. The van der Waals surface area contributed by atoms with Gasteiger partial charge < -0.3 is 23.9 Å². The minimum Gasteiger partial charge on any atom is -0.493 e. The summed E-state index contributed by atoms with van der Waals surface area (Å²) in [5.74, 6) is 2.15. The first-order valence-electron chi connectivity index (χ1n) is 7.65. The second kappa shape index (κ2) is 6.70. The number of nitrogens with one attached hydrogen (secondary N) is 1. The zero-order valence-electron chi connectivity index (χ0n) is 14.2. The largest absolute Gasteiger partial charge is 0.493 e. The molecule has 0 atom stereocenters. The number of rotatable bonds is 6. The highest BCUT2D eigenvalue weighted by Crippen LogP contribution is 2.41. The lowest BCUT2D eigenvalue weighted by molar-refractivity contribution is 0.324. The Morgan fingerprint density at radius 1 is 1.00 bits per heavy atom. The van der Waals surface area contributed by atoms with Gasteiger partial charge in [-0.2, -0.15) is 0 Å². The fourth-order valence-corrected chi connectivity index (χ4v) is 2.57. The molecule has 3 aromatic rings. The number of benzene rings is 2. The molecule has 1 heterocycles. The summed E-state index contributed by atoms with van der Waals surface area (Å²) in [6, 6.07) is 9.47. The molecule has 0 radical (unpaired) electrons. The van der Waals surface area contributed by atoms with Crippen LogP contribution in [0.4, 0.5) is 5.69 Å². The molecule has 3 rings (SSSR count). The normalized spacial score (nSPS) is 10.7. The molecule has 0 spiro atoms. The van der Waals surface area contributed by atoms with E-state index >= 15 is 0 Å². The summed E-state index contributed by atoms with van der Waals surface area (Å²) < 4.78 is 22.0. The number of aromatic nitrogens is 1. The lowest BCUT2D eigenvalue weighted by Gasteiger charge is -2.12. The van der Waals surface area contributed by atoms with Crippen LogP contribution in [0, 0.1) is 0 Å². The molecular weight excluding hydrogens is 308 g/mol. The molecule has 24 heavy (non-hydrogen) atoms. The van der Waals surface area contributed by atoms with Crippen LogP contribution in [0.25, 0.3) is 22.6 Å². The van der Waals surface area contributed by atoms with Gasteiger partial charge in [0.2, 0.25) is 11.6 Å². The van der Waals surface area contributed by atoms with E-state index in [0.717, 1.165) is 28.9 Å². The Labute approximate surface area is 140 Å². The third-order valence-corrected chi connectivity index (χ3v) is 3.68. The minimum atomic E-state index is 0.498. The van der Waals surface area contributed by atoms with Gasteiger partial charge in [-0.15, -0.1) is 0 Å². The van der Waals surface area contributed by atoms with Crippen molar-refractivity contribution in [2.45, 2.75) is 6.92 Å². The zero-order chi connectivity index (χ0) is 17.1. The van der Waals surface area contributed by atoms with Gasteiger partial charge in [-0.3, -0.25) is 0 Å². The maximum atomic E-state index is 5.87. The van der Waals surface area contributed by atoms with E-state index < -0.39 is 0 Å². The van der Waals surface area contributed by atoms with E-state index in [1.54, 1.807) is 21.3 Å². The van der Waals surface area contributed by atoms with Crippen molar-refractivity contribution in [1.82, 2.24) is 4.98 Å². The lowest BCUT2D eigenvalue weighted by atomic mass is 10.2. The van der Waals surface area contributed by atoms with E-state index in [2.05, 4.69) is 10.3 Å². The monoisotopic (exact) mass is 328 g/mol. The number of fused-ring (bicyclic) bond motifs is 1. The molecule has 0 saturated carbocycles. The van der Waals surface area contributed by atoms with Gasteiger partial charge in [-0.25, -0.2) is 4.98 Å². The average Bonchev–Trinajstić information content (AvgIpc) is 3.04. The van der Waals surface area contributed by atoms with Crippen LogP contribution in [0.5, 0.6) is 17.2 Å². The van der Waals surface area contributed by atoms with Crippen molar-refractivity contribution < 1.29 is 18.6 Å². The van der Waals surface area contributed by atoms with Crippen molar-refractivity contribution >= 4 is 16.8 Å². The lowest BCUT2D eigenvalue weighted by Crippen LogP contribution is -1.95. The molecule has 0 amide bonds. The van der Waals surface area contributed by atoms with E-state index in [9.17, 15) is 0 Å². The first-order valence-corrected chi connectivity index (χ1v) is 7.65. The van der Waals surface area contributed by atoms with Crippen molar-refractivity contribution in [3.8, 4) is 28.7 Å². The van der Waals surface area contributed by atoms with Crippen molar-refractivity contribution in [1.29, 1.82) is 0 Å². The summed E-state index contributed by atoms with van der Waals surface area (Å²) in [5, 5.41) is 3.26. The Hall–Kier alpha value is -2.89.